The first-order valence-corrected chi connectivity index (χ1v) is 5.81. The van der Waals surface area contributed by atoms with Gasteiger partial charge in [0, 0.05) is 19.3 Å². The molecule has 0 saturated carbocycles. The van der Waals surface area contributed by atoms with Crippen LogP contribution in [-0.4, -0.2) is 38.7 Å². The van der Waals surface area contributed by atoms with Crippen molar-refractivity contribution >= 4 is 30.0 Å². The number of nitrogens with one attached hydrogen (secondary N) is 1. The summed E-state index contributed by atoms with van der Waals surface area (Å²) in [5.41, 5.74) is 6.35. The van der Waals surface area contributed by atoms with Gasteiger partial charge in [0.05, 0.1) is 25.2 Å². The molecule has 1 aromatic carbocycles. The second kappa shape index (κ2) is 9.30. The number of rotatable bonds is 6. The fourth-order valence-corrected chi connectivity index (χ4v) is 1.52. The summed E-state index contributed by atoms with van der Waals surface area (Å²) in [4.78, 5) is 23.1. The lowest BCUT2D eigenvalue weighted by Crippen LogP contribution is -2.28. The molecule has 1 atom stereocenters. The van der Waals surface area contributed by atoms with Gasteiger partial charge in [-0.3, -0.25) is 4.79 Å². The zero-order valence-electron chi connectivity index (χ0n) is 11.4. The van der Waals surface area contributed by atoms with Crippen LogP contribution in [0.3, 0.4) is 0 Å². The number of halogens is 1. The minimum absolute atomic E-state index is 0. The number of carbonyl (C=O) groups is 2. The number of esters is 1. The lowest BCUT2D eigenvalue weighted by Gasteiger charge is -2.12. The van der Waals surface area contributed by atoms with E-state index in [-0.39, 0.29) is 37.4 Å². The van der Waals surface area contributed by atoms with E-state index in [2.05, 4.69) is 10.1 Å². The summed E-state index contributed by atoms with van der Waals surface area (Å²) in [6, 6.07) is 6.51. The van der Waals surface area contributed by atoms with E-state index in [1.165, 1.54) is 14.2 Å². The molecular weight excluding hydrogens is 284 g/mol. The summed E-state index contributed by atoms with van der Waals surface area (Å²) in [6.07, 6.45) is -0.154. The molecule has 1 amide bonds. The highest BCUT2D eigenvalue weighted by Gasteiger charge is 2.12. The van der Waals surface area contributed by atoms with Gasteiger partial charge in [-0.15, -0.1) is 12.4 Å². The first-order valence-electron chi connectivity index (χ1n) is 5.81. The van der Waals surface area contributed by atoms with E-state index in [4.69, 9.17) is 10.5 Å². The molecule has 0 fully saturated rings. The number of carbonyl (C=O) groups excluding carboxylic acids is 2. The third kappa shape index (κ3) is 5.56. The van der Waals surface area contributed by atoms with E-state index in [1.54, 1.807) is 24.3 Å². The minimum Gasteiger partial charge on any atom is -0.465 e. The Morgan fingerprint density at radius 1 is 1.35 bits per heavy atom. The molecule has 6 nitrogen and oxygen atoms in total. The Morgan fingerprint density at radius 2 is 2.05 bits per heavy atom. The van der Waals surface area contributed by atoms with Gasteiger partial charge in [-0.05, 0) is 18.2 Å². The molecule has 0 spiro atoms. The molecule has 7 heteroatoms. The van der Waals surface area contributed by atoms with Gasteiger partial charge in [-0.2, -0.15) is 0 Å². The standard InChI is InChI=1S/C13H18N2O4.ClH/c1-18-11(8-14)7-12(16)15-10-5-3-4-9(6-10)13(17)19-2;/h3-6,11H,7-8,14H2,1-2H3,(H,15,16);1H. The van der Waals surface area contributed by atoms with Crippen LogP contribution in [0.5, 0.6) is 0 Å². The number of ether oxygens (including phenoxy) is 2. The van der Waals surface area contributed by atoms with Gasteiger partial charge in [0.1, 0.15) is 0 Å². The Bertz CT molecular complexity index is 450. The average molecular weight is 303 g/mol. The number of amides is 1. The molecular formula is C13H19ClN2O4. The lowest BCUT2D eigenvalue weighted by molar-refractivity contribution is -0.118. The second-order valence-electron chi connectivity index (χ2n) is 3.92. The zero-order valence-corrected chi connectivity index (χ0v) is 12.2. The van der Waals surface area contributed by atoms with Gasteiger partial charge >= 0.3 is 5.97 Å². The van der Waals surface area contributed by atoms with E-state index in [0.29, 0.717) is 11.3 Å². The fourth-order valence-electron chi connectivity index (χ4n) is 1.52. The lowest BCUT2D eigenvalue weighted by atomic mass is 10.2. The summed E-state index contributed by atoms with van der Waals surface area (Å²) in [6.45, 7) is 0.270. The number of nitrogens with two attached hydrogens (primary N) is 1. The Kier molecular flexibility index (Phi) is 8.54. The SMILES string of the molecule is COC(=O)c1cccc(NC(=O)CC(CN)OC)c1.Cl. The monoisotopic (exact) mass is 302 g/mol. The quantitative estimate of drug-likeness (QED) is 0.771. The first kappa shape index (κ1) is 18.4. The van der Waals surface area contributed by atoms with Crippen molar-refractivity contribution in [3.8, 4) is 0 Å². The molecule has 20 heavy (non-hydrogen) atoms. The largest absolute Gasteiger partial charge is 0.465 e. The van der Waals surface area contributed by atoms with Crippen LogP contribution >= 0.6 is 12.4 Å². The summed E-state index contributed by atoms with van der Waals surface area (Å²) in [5, 5.41) is 2.68. The van der Waals surface area contributed by atoms with E-state index in [0.717, 1.165) is 0 Å². The van der Waals surface area contributed by atoms with Crippen LogP contribution in [0.2, 0.25) is 0 Å². The van der Waals surface area contributed by atoms with Crippen LogP contribution < -0.4 is 11.1 Å². The van der Waals surface area contributed by atoms with Crippen LogP contribution in [0.4, 0.5) is 5.69 Å². The van der Waals surface area contributed by atoms with E-state index in [1.807, 2.05) is 0 Å². The fraction of sp³-hybridized carbons (Fsp3) is 0.385. The topological polar surface area (TPSA) is 90.7 Å². The normalized spacial score (nSPS) is 11.2. The summed E-state index contributed by atoms with van der Waals surface area (Å²) in [7, 11) is 2.81. The molecule has 1 rings (SSSR count). The second-order valence-corrected chi connectivity index (χ2v) is 3.92. The number of methoxy groups -OCH3 is 2. The summed E-state index contributed by atoms with van der Waals surface area (Å²) >= 11 is 0. The number of benzene rings is 1. The molecule has 0 aromatic heterocycles. The molecule has 112 valence electrons. The molecule has 1 unspecified atom stereocenters. The van der Waals surface area contributed by atoms with Gasteiger partial charge in [-0.1, -0.05) is 6.07 Å². The van der Waals surface area contributed by atoms with E-state index < -0.39 is 5.97 Å². The van der Waals surface area contributed by atoms with Gasteiger partial charge in [-0.25, -0.2) is 4.79 Å². The molecule has 0 aliphatic rings. The molecule has 0 radical (unpaired) electrons. The Labute approximate surface area is 124 Å². The highest BCUT2D eigenvalue weighted by atomic mass is 35.5. The van der Waals surface area contributed by atoms with Crippen molar-refractivity contribution in [1.82, 2.24) is 0 Å². The van der Waals surface area contributed by atoms with Gasteiger partial charge in [0.25, 0.3) is 0 Å². The van der Waals surface area contributed by atoms with Crippen molar-refractivity contribution in [1.29, 1.82) is 0 Å². The number of hydrogen-bond donors (Lipinski definition) is 2. The first-order chi connectivity index (χ1) is 9.10. The van der Waals surface area contributed by atoms with E-state index >= 15 is 0 Å². The van der Waals surface area contributed by atoms with Crippen LogP contribution in [-0.2, 0) is 14.3 Å². The van der Waals surface area contributed by atoms with Crippen molar-refractivity contribution in [3.05, 3.63) is 29.8 Å². The van der Waals surface area contributed by atoms with Crippen LogP contribution in [0.15, 0.2) is 24.3 Å². The minimum atomic E-state index is -0.451. The molecule has 0 aliphatic carbocycles. The van der Waals surface area contributed by atoms with Crippen LogP contribution in [0, 0.1) is 0 Å². The molecule has 0 aliphatic heterocycles. The predicted octanol–water partition coefficient (Wildman–Crippen LogP) is 1.20. The molecule has 0 saturated heterocycles. The summed E-state index contributed by atoms with van der Waals surface area (Å²) in [5.74, 6) is -0.674. The van der Waals surface area contributed by atoms with E-state index in [9.17, 15) is 9.59 Å². The van der Waals surface area contributed by atoms with Crippen molar-refractivity contribution in [2.45, 2.75) is 12.5 Å². The van der Waals surface area contributed by atoms with Crippen LogP contribution in [0.25, 0.3) is 0 Å². The van der Waals surface area contributed by atoms with Gasteiger partial charge in [0.2, 0.25) is 5.91 Å². The molecule has 0 bridgehead atoms. The van der Waals surface area contributed by atoms with Crippen molar-refractivity contribution in [3.63, 3.8) is 0 Å². The molecule has 1 aromatic rings. The Hall–Kier alpha value is -1.63. The van der Waals surface area contributed by atoms with Crippen LogP contribution in [0.1, 0.15) is 16.8 Å². The highest BCUT2D eigenvalue weighted by molar-refractivity contribution is 5.94. The number of hydrogen-bond acceptors (Lipinski definition) is 5. The third-order valence-corrected chi connectivity index (χ3v) is 2.58. The Balaban J connectivity index is 0.00000361. The Morgan fingerprint density at radius 3 is 2.60 bits per heavy atom. The molecule has 3 N–H and O–H groups in total. The predicted molar refractivity (Wildman–Crippen MR) is 78.1 cm³/mol. The maximum atomic E-state index is 11.7. The molecule has 0 heterocycles. The smallest absolute Gasteiger partial charge is 0.337 e. The zero-order chi connectivity index (χ0) is 14.3. The maximum Gasteiger partial charge on any atom is 0.337 e. The van der Waals surface area contributed by atoms with Gasteiger partial charge < -0.3 is 20.5 Å². The van der Waals surface area contributed by atoms with Crippen molar-refractivity contribution in [2.24, 2.45) is 5.73 Å². The van der Waals surface area contributed by atoms with Crippen molar-refractivity contribution < 1.29 is 19.1 Å². The van der Waals surface area contributed by atoms with Crippen molar-refractivity contribution in [2.75, 3.05) is 26.1 Å². The number of anilines is 1. The van der Waals surface area contributed by atoms with Gasteiger partial charge in [0.15, 0.2) is 0 Å². The maximum absolute atomic E-state index is 11.7. The highest BCUT2D eigenvalue weighted by Crippen LogP contribution is 2.12. The third-order valence-electron chi connectivity index (χ3n) is 2.58. The summed E-state index contributed by atoms with van der Waals surface area (Å²) < 4.78 is 9.63. The average Bonchev–Trinajstić information content (AvgIpc) is 2.44.